The number of aryl methyl sites for hydroxylation is 1. The zero-order chi connectivity index (χ0) is 13.9. The molecule has 1 aromatic rings. The van der Waals surface area contributed by atoms with Crippen molar-refractivity contribution in [3.8, 4) is 0 Å². The number of nitro benzene ring substituents is 1. The molecule has 0 aliphatic carbocycles. The molecule has 100 valence electrons. The molecule has 1 aromatic carbocycles. The Morgan fingerprint density at radius 3 is 2.61 bits per heavy atom. The first-order valence-corrected chi connectivity index (χ1v) is 5.66. The van der Waals surface area contributed by atoms with Gasteiger partial charge in [-0.3, -0.25) is 10.1 Å². The van der Waals surface area contributed by atoms with Crippen LogP contribution in [0.2, 0.25) is 0 Å². The smallest absolute Gasteiger partial charge is 0.295 e. The van der Waals surface area contributed by atoms with Gasteiger partial charge in [0, 0.05) is 0 Å². The van der Waals surface area contributed by atoms with E-state index in [1.165, 1.54) is 13.0 Å². The number of aliphatic hydroxyl groups excluding tert-OH is 1. The van der Waals surface area contributed by atoms with Gasteiger partial charge >= 0.3 is 0 Å². The first-order chi connectivity index (χ1) is 8.33. The van der Waals surface area contributed by atoms with Gasteiger partial charge in [-0.05, 0) is 31.9 Å². The Morgan fingerprint density at radius 2 is 2.17 bits per heavy atom. The minimum atomic E-state index is -0.672. The van der Waals surface area contributed by atoms with E-state index in [9.17, 15) is 19.6 Å². The quantitative estimate of drug-likeness (QED) is 0.627. The number of nitrogens with one attached hydrogen (secondary N) is 1. The third-order valence-electron chi connectivity index (χ3n) is 3.04. The van der Waals surface area contributed by atoms with E-state index in [2.05, 4.69) is 5.32 Å². The van der Waals surface area contributed by atoms with Gasteiger partial charge in [0.1, 0.15) is 11.5 Å². The Bertz CT molecular complexity index is 459. The summed E-state index contributed by atoms with van der Waals surface area (Å²) in [4.78, 5) is 10.2. The molecule has 0 heterocycles. The Hall–Kier alpha value is -1.69. The third-order valence-corrected chi connectivity index (χ3v) is 3.04. The molecule has 6 heteroatoms. The number of halogens is 1. The summed E-state index contributed by atoms with van der Waals surface area (Å²) in [6.07, 6.45) is 0.580. The Morgan fingerprint density at radius 1 is 1.56 bits per heavy atom. The molecule has 18 heavy (non-hydrogen) atoms. The molecule has 2 N–H and O–H groups in total. The fourth-order valence-electron chi connectivity index (χ4n) is 1.49. The van der Waals surface area contributed by atoms with Gasteiger partial charge in [-0.25, -0.2) is 4.39 Å². The molecule has 0 amide bonds. The van der Waals surface area contributed by atoms with Crippen LogP contribution in [0.1, 0.15) is 25.8 Å². The van der Waals surface area contributed by atoms with Gasteiger partial charge in [-0.1, -0.05) is 6.92 Å². The summed E-state index contributed by atoms with van der Waals surface area (Å²) in [5.74, 6) is -0.616. The molecule has 5 nitrogen and oxygen atoms in total. The monoisotopic (exact) mass is 256 g/mol. The highest BCUT2D eigenvalue weighted by atomic mass is 19.1. The summed E-state index contributed by atoms with van der Waals surface area (Å²) in [7, 11) is 0. The summed E-state index contributed by atoms with van der Waals surface area (Å²) >= 11 is 0. The van der Waals surface area contributed by atoms with Gasteiger partial charge in [0.15, 0.2) is 0 Å². The second-order valence-electron chi connectivity index (χ2n) is 4.57. The van der Waals surface area contributed by atoms with Crippen LogP contribution >= 0.6 is 0 Å². The van der Waals surface area contributed by atoms with Gasteiger partial charge in [0.2, 0.25) is 0 Å². The number of aliphatic hydroxyl groups is 1. The number of anilines is 1. The van der Waals surface area contributed by atoms with E-state index in [1.54, 1.807) is 6.92 Å². The number of nitro groups is 1. The Kier molecular flexibility index (Phi) is 4.24. The van der Waals surface area contributed by atoms with Gasteiger partial charge in [-0.15, -0.1) is 0 Å². The molecule has 0 fully saturated rings. The fourth-order valence-corrected chi connectivity index (χ4v) is 1.49. The zero-order valence-electron chi connectivity index (χ0n) is 10.7. The van der Waals surface area contributed by atoms with E-state index in [-0.39, 0.29) is 18.0 Å². The van der Waals surface area contributed by atoms with Crippen LogP contribution in [-0.4, -0.2) is 22.2 Å². The summed E-state index contributed by atoms with van der Waals surface area (Å²) in [6, 6.07) is 2.28. The molecule has 0 aliphatic heterocycles. The van der Waals surface area contributed by atoms with Crippen molar-refractivity contribution in [3.63, 3.8) is 0 Å². The summed E-state index contributed by atoms with van der Waals surface area (Å²) in [5, 5.41) is 23.1. The molecule has 1 rings (SSSR count). The van der Waals surface area contributed by atoms with Crippen molar-refractivity contribution < 1.29 is 14.4 Å². The number of nitrogens with zero attached hydrogens (tertiary/aromatic N) is 1. The van der Waals surface area contributed by atoms with E-state index in [1.807, 2.05) is 6.92 Å². The van der Waals surface area contributed by atoms with Crippen LogP contribution in [0.25, 0.3) is 0 Å². The minimum Gasteiger partial charge on any atom is -0.394 e. The maximum Gasteiger partial charge on any atom is 0.295 e. The molecule has 0 bridgehead atoms. The van der Waals surface area contributed by atoms with Crippen molar-refractivity contribution in [2.45, 2.75) is 32.7 Å². The average Bonchev–Trinajstić information content (AvgIpc) is 2.33. The van der Waals surface area contributed by atoms with Crippen molar-refractivity contribution in [2.24, 2.45) is 0 Å². The predicted octanol–water partition coefficient (Wildman–Crippen LogP) is 2.62. The average molecular weight is 256 g/mol. The fraction of sp³-hybridized carbons (Fsp3) is 0.500. The van der Waals surface area contributed by atoms with Crippen LogP contribution in [0, 0.1) is 22.9 Å². The highest BCUT2D eigenvalue weighted by Gasteiger charge is 2.25. The predicted molar refractivity (Wildman–Crippen MR) is 67.2 cm³/mol. The highest BCUT2D eigenvalue weighted by Crippen LogP contribution is 2.30. The van der Waals surface area contributed by atoms with Gasteiger partial charge in [0.25, 0.3) is 5.69 Å². The third kappa shape index (κ3) is 2.95. The van der Waals surface area contributed by atoms with Crippen molar-refractivity contribution >= 4 is 11.4 Å². The Labute approximate surface area is 105 Å². The van der Waals surface area contributed by atoms with Crippen LogP contribution < -0.4 is 5.32 Å². The van der Waals surface area contributed by atoms with E-state index in [0.717, 1.165) is 6.07 Å². The minimum absolute atomic E-state index is 0.170. The molecule has 0 radical (unpaired) electrons. The zero-order valence-corrected chi connectivity index (χ0v) is 10.7. The Balaban J connectivity index is 3.22. The first-order valence-electron chi connectivity index (χ1n) is 5.66. The highest BCUT2D eigenvalue weighted by molar-refractivity contribution is 5.64. The molecule has 0 saturated carbocycles. The summed E-state index contributed by atoms with van der Waals surface area (Å²) in [5.41, 5.74) is -0.460. The molecule has 0 aliphatic rings. The summed E-state index contributed by atoms with van der Waals surface area (Å²) in [6.45, 7) is 4.96. The van der Waals surface area contributed by atoms with Gasteiger partial charge in [0.05, 0.1) is 23.1 Å². The number of benzene rings is 1. The molecule has 0 spiro atoms. The SMILES string of the molecule is CCC(C)(CO)Nc1cc(C)c(F)cc1[N+](=O)[O-]. The summed E-state index contributed by atoms with van der Waals surface area (Å²) < 4.78 is 13.3. The van der Waals surface area contributed by atoms with E-state index in [4.69, 9.17) is 0 Å². The lowest BCUT2D eigenvalue weighted by Gasteiger charge is -2.28. The van der Waals surface area contributed by atoms with Crippen LogP contribution in [0.3, 0.4) is 0 Å². The van der Waals surface area contributed by atoms with Gasteiger partial charge < -0.3 is 10.4 Å². The second-order valence-corrected chi connectivity index (χ2v) is 4.57. The van der Waals surface area contributed by atoms with Crippen molar-refractivity contribution in [3.05, 3.63) is 33.6 Å². The molecule has 1 unspecified atom stereocenters. The van der Waals surface area contributed by atoms with Crippen molar-refractivity contribution in [1.82, 2.24) is 0 Å². The normalized spacial score (nSPS) is 14.1. The maximum absolute atomic E-state index is 13.3. The standard InChI is InChI=1S/C12H17FN2O3/c1-4-12(3,7-16)14-10-5-8(2)9(13)6-11(10)15(17)18/h5-6,14,16H,4,7H2,1-3H3. The van der Waals surface area contributed by atoms with E-state index < -0.39 is 16.3 Å². The lowest BCUT2D eigenvalue weighted by atomic mass is 9.99. The number of rotatable bonds is 5. The van der Waals surface area contributed by atoms with Crippen LogP contribution in [0.15, 0.2) is 12.1 Å². The first kappa shape index (κ1) is 14.4. The number of hydrogen-bond acceptors (Lipinski definition) is 4. The van der Waals surface area contributed by atoms with Crippen LogP contribution in [0.4, 0.5) is 15.8 Å². The van der Waals surface area contributed by atoms with Crippen molar-refractivity contribution in [1.29, 1.82) is 0 Å². The van der Waals surface area contributed by atoms with Crippen LogP contribution in [-0.2, 0) is 0 Å². The molecule has 0 saturated heterocycles. The molecule has 1 atom stereocenters. The molecular weight excluding hydrogens is 239 g/mol. The molecular formula is C12H17FN2O3. The second kappa shape index (κ2) is 5.30. The van der Waals surface area contributed by atoms with Crippen LogP contribution in [0.5, 0.6) is 0 Å². The lowest BCUT2D eigenvalue weighted by Crippen LogP contribution is -2.38. The largest absolute Gasteiger partial charge is 0.394 e. The van der Waals surface area contributed by atoms with Gasteiger partial charge in [-0.2, -0.15) is 0 Å². The topological polar surface area (TPSA) is 75.4 Å². The lowest BCUT2D eigenvalue weighted by molar-refractivity contribution is -0.384. The van der Waals surface area contributed by atoms with Crippen molar-refractivity contribution in [2.75, 3.05) is 11.9 Å². The van der Waals surface area contributed by atoms with E-state index in [0.29, 0.717) is 12.0 Å². The number of hydrogen-bond donors (Lipinski definition) is 2. The molecule has 0 aromatic heterocycles. The maximum atomic E-state index is 13.3. The van der Waals surface area contributed by atoms with E-state index >= 15 is 0 Å².